The molecule has 0 atom stereocenters. The first-order valence-electron chi connectivity index (χ1n) is 7.05. The number of pyridine rings is 1. The number of nitrogens with zero attached hydrogens (tertiary/aromatic N) is 1. The highest BCUT2D eigenvalue weighted by Gasteiger charge is 2.04. The van der Waals surface area contributed by atoms with Crippen molar-refractivity contribution in [3.63, 3.8) is 0 Å². The number of hydrogen-bond donors (Lipinski definition) is 2. The molecule has 2 N–H and O–H groups in total. The number of aromatic nitrogens is 1. The molecule has 1 aromatic carbocycles. The SMILES string of the molecule is COc1ccc(/C=C/C(=O)NC(=S)Nc2ccc(Br)c(C)n2)cc1. The molecule has 1 heterocycles. The van der Waals surface area contributed by atoms with E-state index in [0.29, 0.717) is 5.82 Å². The van der Waals surface area contributed by atoms with E-state index < -0.39 is 0 Å². The molecule has 0 bridgehead atoms. The first-order valence-corrected chi connectivity index (χ1v) is 8.25. The van der Waals surface area contributed by atoms with Crippen molar-refractivity contribution < 1.29 is 9.53 Å². The van der Waals surface area contributed by atoms with E-state index in [1.54, 1.807) is 19.3 Å². The van der Waals surface area contributed by atoms with Gasteiger partial charge in [-0.2, -0.15) is 0 Å². The summed E-state index contributed by atoms with van der Waals surface area (Å²) in [5, 5.41) is 5.63. The number of thiocarbonyl (C=S) groups is 1. The Labute approximate surface area is 154 Å². The van der Waals surface area contributed by atoms with E-state index in [-0.39, 0.29) is 11.0 Å². The van der Waals surface area contributed by atoms with Crippen LogP contribution in [0, 0.1) is 6.92 Å². The van der Waals surface area contributed by atoms with Gasteiger partial charge in [-0.15, -0.1) is 0 Å². The number of anilines is 1. The largest absolute Gasteiger partial charge is 0.497 e. The fourth-order valence-electron chi connectivity index (χ4n) is 1.80. The van der Waals surface area contributed by atoms with E-state index in [9.17, 15) is 4.79 Å². The monoisotopic (exact) mass is 405 g/mol. The van der Waals surface area contributed by atoms with Crippen LogP contribution in [0.25, 0.3) is 6.08 Å². The maximum Gasteiger partial charge on any atom is 0.250 e. The Kier molecular flexibility index (Phi) is 6.45. The van der Waals surface area contributed by atoms with Gasteiger partial charge in [-0.3, -0.25) is 10.1 Å². The highest BCUT2D eigenvalue weighted by atomic mass is 79.9. The lowest BCUT2D eigenvalue weighted by atomic mass is 10.2. The van der Waals surface area contributed by atoms with E-state index in [1.807, 2.05) is 37.3 Å². The van der Waals surface area contributed by atoms with Crippen LogP contribution in [-0.2, 0) is 4.79 Å². The molecular formula is C17H16BrN3O2S. The molecule has 1 amide bonds. The van der Waals surface area contributed by atoms with Crippen LogP contribution in [0.3, 0.4) is 0 Å². The molecule has 2 aromatic rings. The van der Waals surface area contributed by atoms with Crippen LogP contribution in [-0.4, -0.2) is 23.1 Å². The number of benzene rings is 1. The molecule has 24 heavy (non-hydrogen) atoms. The third-order valence-electron chi connectivity index (χ3n) is 3.04. The van der Waals surface area contributed by atoms with E-state index in [2.05, 4.69) is 31.5 Å². The standard InChI is InChI=1S/C17H16BrN3O2S/c1-11-14(18)8-9-15(19-11)20-17(24)21-16(22)10-5-12-3-6-13(23-2)7-4-12/h3-10H,1-2H3,(H2,19,20,21,22,24)/b10-5+. The fourth-order valence-corrected chi connectivity index (χ4v) is 2.23. The Hall–Kier alpha value is -2.25. The molecule has 7 heteroatoms. The van der Waals surface area contributed by atoms with Crippen molar-refractivity contribution in [2.75, 3.05) is 12.4 Å². The average Bonchev–Trinajstić information content (AvgIpc) is 2.56. The van der Waals surface area contributed by atoms with Gasteiger partial charge in [0.1, 0.15) is 11.6 Å². The maximum absolute atomic E-state index is 11.9. The molecule has 0 unspecified atom stereocenters. The number of carbonyl (C=O) groups is 1. The minimum Gasteiger partial charge on any atom is -0.497 e. The van der Waals surface area contributed by atoms with Crippen molar-refractivity contribution in [1.29, 1.82) is 0 Å². The van der Waals surface area contributed by atoms with Crippen molar-refractivity contribution >= 4 is 51.1 Å². The second kappa shape index (κ2) is 8.56. The number of methoxy groups -OCH3 is 1. The number of aryl methyl sites for hydroxylation is 1. The molecule has 0 fully saturated rings. The Morgan fingerprint density at radius 1 is 1.25 bits per heavy atom. The van der Waals surface area contributed by atoms with Crippen LogP contribution >= 0.6 is 28.1 Å². The number of ether oxygens (including phenoxy) is 1. The second-order valence-electron chi connectivity index (χ2n) is 4.81. The van der Waals surface area contributed by atoms with Gasteiger partial charge in [0.25, 0.3) is 0 Å². The third kappa shape index (κ3) is 5.43. The molecular weight excluding hydrogens is 390 g/mol. The summed E-state index contributed by atoms with van der Waals surface area (Å²) in [5.74, 6) is 1.01. The Bertz CT molecular complexity index is 776. The molecule has 0 spiro atoms. The zero-order valence-corrected chi connectivity index (χ0v) is 15.6. The number of amides is 1. The summed E-state index contributed by atoms with van der Waals surface area (Å²) in [6.45, 7) is 1.87. The van der Waals surface area contributed by atoms with Gasteiger partial charge < -0.3 is 10.1 Å². The molecule has 0 saturated heterocycles. The zero-order chi connectivity index (χ0) is 17.5. The van der Waals surface area contributed by atoms with Crippen molar-refractivity contribution in [2.24, 2.45) is 0 Å². The Morgan fingerprint density at radius 3 is 2.58 bits per heavy atom. The van der Waals surface area contributed by atoms with E-state index in [0.717, 1.165) is 21.5 Å². The maximum atomic E-state index is 11.9. The number of carbonyl (C=O) groups excluding carboxylic acids is 1. The smallest absolute Gasteiger partial charge is 0.250 e. The summed E-state index contributed by atoms with van der Waals surface area (Å²) in [4.78, 5) is 16.2. The zero-order valence-electron chi connectivity index (χ0n) is 13.2. The van der Waals surface area contributed by atoms with Crippen LogP contribution < -0.4 is 15.4 Å². The molecule has 0 saturated carbocycles. The van der Waals surface area contributed by atoms with Gasteiger partial charge in [-0.1, -0.05) is 12.1 Å². The van der Waals surface area contributed by atoms with Crippen LogP contribution in [0.15, 0.2) is 46.9 Å². The summed E-state index contributed by atoms with van der Waals surface area (Å²) in [5.41, 5.74) is 1.71. The molecule has 0 aliphatic carbocycles. The van der Waals surface area contributed by atoms with Gasteiger partial charge in [0.05, 0.1) is 12.8 Å². The van der Waals surface area contributed by atoms with Gasteiger partial charge in [0, 0.05) is 10.5 Å². The summed E-state index contributed by atoms with van der Waals surface area (Å²) in [7, 11) is 1.61. The summed E-state index contributed by atoms with van der Waals surface area (Å²) in [6, 6.07) is 11.0. The Morgan fingerprint density at radius 2 is 1.96 bits per heavy atom. The highest BCUT2D eigenvalue weighted by Crippen LogP contribution is 2.16. The molecule has 0 aliphatic rings. The van der Waals surface area contributed by atoms with Gasteiger partial charge in [-0.25, -0.2) is 4.98 Å². The van der Waals surface area contributed by atoms with Crippen molar-refractivity contribution in [3.8, 4) is 5.75 Å². The van der Waals surface area contributed by atoms with E-state index >= 15 is 0 Å². The van der Waals surface area contributed by atoms with Gasteiger partial charge in [-0.05, 0) is 71.0 Å². The average molecular weight is 406 g/mol. The minimum atomic E-state index is -0.322. The quantitative estimate of drug-likeness (QED) is 0.599. The van der Waals surface area contributed by atoms with Crippen molar-refractivity contribution in [3.05, 3.63) is 58.2 Å². The molecule has 0 radical (unpaired) electrons. The first kappa shape index (κ1) is 18.1. The van der Waals surface area contributed by atoms with Gasteiger partial charge >= 0.3 is 0 Å². The molecule has 5 nitrogen and oxygen atoms in total. The van der Waals surface area contributed by atoms with Crippen LogP contribution in [0.2, 0.25) is 0 Å². The minimum absolute atomic E-state index is 0.189. The predicted octanol–water partition coefficient (Wildman–Crippen LogP) is 3.69. The number of rotatable bonds is 4. The third-order valence-corrected chi connectivity index (χ3v) is 4.08. The summed E-state index contributed by atoms with van der Waals surface area (Å²) >= 11 is 8.48. The van der Waals surface area contributed by atoms with E-state index in [1.165, 1.54) is 6.08 Å². The summed E-state index contributed by atoms with van der Waals surface area (Å²) in [6.07, 6.45) is 3.11. The lowest BCUT2D eigenvalue weighted by Gasteiger charge is -2.08. The number of hydrogen-bond acceptors (Lipinski definition) is 4. The lowest BCUT2D eigenvalue weighted by molar-refractivity contribution is -0.115. The highest BCUT2D eigenvalue weighted by molar-refractivity contribution is 9.10. The van der Waals surface area contributed by atoms with Crippen molar-refractivity contribution in [2.45, 2.75) is 6.92 Å². The topological polar surface area (TPSA) is 63.2 Å². The molecule has 124 valence electrons. The first-order chi connectivity index (χ1) is 11.5. The molecule has 1 aromatic heterocycles. The van der Waals surface area contributed by atoms with E-state index in [4.69, 9.17) is 17.0 Å². The number of halogens is 1. The lowest BCUT2D eigenvalue weighted by Crippen LogP contribution is -2.33. The molecule has 0 aliphatic heterocycles. The van der Waals surface area contributed by atoms with Gasteiger partial charge in [0.15, 0.2) is 5.11 Å². The van der Waals surface area contributed by atoms with Crippen LogP contribution in [0.5, 0.6) is 5.75 Å². The molecule has 2 rings (SSSR count). The summed E-state index contributed by atoms with van der Waals surface area (Å²) < 4.78 is 5.99. The van der Waals surface area contributed by atoms with Crippen LogP contribution in [0.4, 0.5) is 5.82 Å². The predicted molar refractivity (Wildman–Crippen MR) is 103 cm³/mol. The van der Waals surface area contributed by atoms with Gasteiger partial charge in [0.2, 0.25) is 5.91 Å². The normalized spacial score (nSPS) is 10.5. The van der Waals surface area contributed by atoms with Crippen molar-refractivity contribution in [1.82, 2.24) is 10.3 Å². The van der Waals surface area contributed by atoms with Crippen LogP contribution in [0.1, 0.15) is 11.3 Å². The number of nitrogens with one attached hydrogen (secondary N) is 2. The Balaban J connectivity index is 1.89. The second-order valence-corrected chi connectivity index (χ2v) is 6.08. The fraction of sp³-hybridized carbons (Fsp3) is 0.118.